The van der Waals surface area contributed by atoms with Gasteiger partial charge in [0.05, 0.1) is 5.92 Å². The van der Waals surface area contributed by atoms with E-state index in [0.29, 0.717) is 37.7 Å². The molecular weight excluding hydrogens is 570 g/mol. The van der Waals surface area contributed by atoms with Crippen LogP contribution in [0.2, 0.25) is 0 Å². The molecule has 2 fully saturated rings. The number of ether oxygens (including phenoxy) is 2. The number of amides is 1. The second-order valence-electron chi connectivity index (χ2n) is 13.4. The topological polar surface area (TPSA) is 55.8 Å². The lowest BCUT2D eigenvalue weighted by molar-refractivity contribution is -0.163. The first-order valence-electron chi connectivity index (χ1n) is 17.3. The van der Waals surface area contributed by atoms with E-state index in [1.165, 1.54) is 23.1 Å². The molecule has 0 unspecified atom stereocenters. The Morgan fingerprint density at radius 2 is 1.63 bits per heavy atom. The number of carbonyl (C=O) groups excluding carboxylic acids is 2. The van der Waals surface area contributed by atoms with E-state index in [0.717, 1.165) is 61.6 Å². The molecule has 1 saturated carbocycles. The molecule has 5 rings (SSSR count). The standard InChI is InChI=1S/C41H51NO4/c1-5-25-45-36-18-12-16-34(28-36)38(23-22-32-21-20-30(3)31(4)27-32)46-41(44)37-19-9-10-24-42(37)40(43)39(33-14-7-6-8-15-33)35-17-11-13-29(2)26-35/h5,11-13,16-18,20-21,26-28,33,37-39H,1,6-10,14-15,19,22-25H2,2-4H3/t37-,38+,39-/m0/s1. The molecule has 0 bridgehead atoms. The van der Waals surface area contributed by atoms with E-state index >= 15 is 0 Å². The molecule has 1 amide bonds. The molecule has 0 aromatic heterocycles. The second kappa shape index (κ2) is 16.1. The Morgan fingerprint density at radius 1 is 0.870 bits per heavy atom. The molecule has 3 aromatic carbocycles. The van der Waals surface area contributed by atoms with Crippen LogP contribution in [0.3, 0.4) is 0 Å². The average molecular weight is 622 g/mol. The third-order valence-electron chi connectivity index (χ3n) is 9.97. The van der Waals surface area contributed by atoms with Gasteiger partial charge in [-0.2, -0.15) is 0 Å². The fourth-order valence-corrected chi connectivity index (χ4v) is 7.30. The molecule has 0 spiro atoms. The largest absolute Gasteiger partial charge is 0.490 e. The highest BCUT2D eigenvalue weighted by molar-refractivity contribution is 5.89. The van der Waals surface area contributed by atoms with Crippen LogP contribution in [0, 0.1) is 26.7 Å². The van der Waals surface area contributed by atoms with Crippen molar-refractivity contribution in [1.29, 1.82) is 0 Å². The Kier molecular flexibility index (Phi) is 11.7. The first-order chi connectivity index (χ1) is 22.3. The van der Waals surface area contributed by atoms with Crippen LogP contribution in [-0.2, 0) is 20.7 Å². The van der Waals surface area contributed by atoms with Gasteiger partial charge in [-0.3, -0.25) is 4.79 Å². The van der Waals surface area contributed by atoms with Gasteiger partial charge in [-0.1, -0.05) is 92.1 Å². The minimum absolute atomic E-state index is 0.0886. The summed E-state index contributed by atoms with van der Waals surface area (Å²) in [6, 6.07) is 22.2. The van der Waals surface area contributed by atoms with Gasteiger partial charge in [-0.15, -0.1) is 0 Å². The normalized spacial score (nSPS) is 18.4. The summed E-state index contributed by atoms with van der Waals surface area (Å²) < 4.78 is 12.3. The van der Waals surface area contributed by atoms with E-state index in [-0.39, 0.29) is 17.8 Å². The lowest BCUT2D eigenvalue weighted by atomic mass is 9.75. The molecule has 3 atom stereocenters. The van der Waals surface area contributed by atoms with Crippen molar-refractivity contribution in [3.8, 4) is 5.75 Å². The van der Waals surface area contributed by atoms with E-state index in [2.05, 4.69) is 69.8 Å². The Balaban J connectivity index is 1.40. The van der Waals surface area contributed by atoms with Gasteiger partial charge in [-0.25, -0.2) is 4.79 Å². The van der Waals surface area contributed by atoms with Crippen LogP contribution < -0.4 is 4.74 Å². The summed E-state index contributed by atoms with van der Waals surface area (Å²) in [4.78, 5) is 30.7. The summed E-state index contributed by atoms with van der Waals surface area (Å²) in [5, 5.41) is 0. The van der Waals surface area contributed by atoms with Gasteiger partial charge < -0.3 is 14.4 Å². The minimum Gasteiger partial charge on any atom is -0.490 e. The highest BCUT2D eigenvalue weighted by atomic mass is 16.5. The van der Waals surface area contributed by atoms with Gasteiger partial charge in [0.15, 0.2) is 0 Å². The number of esters is 1. The first kappa shape index (κ1) is 33.5. The Morgan fingerprint density at radius 3 is 2.39 bits per heavy atom. The lowest BCUT2D eigenvalue weighted by Gasteiger charge is -2.39. The predicted octanol–water partition coefficient (Wildman–Crippen LogP) is 9.14. The molecule has 1 heterocycles. The number of likely N-dealkylation sites (tertiary alicyclic amines) is 1. The minimum atomic E-state index is -0.582. The van der Waals surface area contributed by atoms with Gasteiger partial charge in [-0.05, 0) is 112 Å². The van der Waals surface area contributed by atoms with Crippen LogP contribution in [0.4, 0.5) is 0 Å². The van der Waals surface area contributed by atoms with Gasteiger partial charge >= 0.3 is 5.97 Å². The van der Waals surface area contributed by atoms with Crippen LogP contribution in [0.25, 0.3) is 0 Å². The second-order valence-corrected chi connectivity index (χ2v) is 13.4. The van der Waals surface area contributed by atoms with Crippen molar-refractivity contribution in [2.75, 3.05) is 13.2 Å². The lowest BCUT2D eigenvalue weighted by Crippen LogP contribution is -2.51. The third-order valence-corrected chi connectivity index (χ3v) is 9.97. The number of rotatable bonds is 12. The van der Waals surface area contributed by atoms with E-state index in [4.69, 9.17) is 9.47 Å². The molecule has 0 N–H and O–H groups in total. The number of benzene rings is 3. The van der Waals surface area contributed by atoms with Gasteiger partial charge in [0.25, 0.3) is 0 Å². The van der Waals surface area contributed by atoms with E-state index < -0.39 is 12.1 Å². The van der Waals surface area contributed by atoms with Crippen molar-refractivity contribution in [3.63, 3.8) is 0 Å². The summed E-state index contributed by atoms with van der Waals surface area (Å²) in [5.41, 5.74) is 6.86. The summed E-state index contributed by atoms with van der Waals surface area (Å²) in [6.45, 7) is 11.1. The molecule has 2 aliphatic rings. The first-order valence-corrected chi connectivity index (χ1v) is 17.3. The Labute approximate surface area is 276 Å². The SMILES string of the molecule is C=CCOc1cccc([C@@H](CCc2ccc(C)c(C)c2)OC(=O)[C@@H]2CCCCN2C(=O)[C@H](c2cccc(C)c2)C2CCCCC2)c1. The molecule has 5 nitrogen and oxygen atoms in total. The maximum absolute atomic E-state index is 14.6. The zero-order valence-electron chi connectivity index (χ0n) is 28.0. The summed E-state index contributed by atoms with van der Waals surface area (Å²) in [7, 11) is 0. The highest BCUT2D eigenvalue weighted by Crippen LogP contribution is 2.39. The molecule has 5 heteroatoms. The number of hydrogen-bond acceptors (Lipinski definition) is 4. The molecule has 1 aliphatic heterocycles. The van der Waals surface area contributed by atoms with E-state index in [1.54, 1.807) is 6.08 Å². The number of carbonyl (C=O) groups is 2. The Bertz CT molecular complexity index is 1490. The number of aryl methyl sites for hydroxylation is 4. The fraction of sp³-hybridized carbons (Fsp3) is 0.463. The summed E-state index contributed by atoms with van der Waals surface area (Å²) in [6.07, 6.45) is 10.7. The van der Waals surface area contributed by atoms with E-state index in [1.807, 2.05) is 29.2 Å². The summed E-state index contributed by atoms with van der Waals surface area (Å²) >= 11 is 0. The van der Waals surface area contributed by atoms with Crippen molar-refractivity contribution in [2.45, 2.75) is 103 Å². The summed E-state index contributed by atoms with van der Waals surface area (Å²) in [5.74, 6) is 0.568. The fourth-order valence-electron chi connectivity index (χ4n) is 7.30. The molecule has 1 aliphatic carbocycles. The molecule has 3 aromatic rings. The molecule has 0 radical (unpaired) electrons. The van der Waals surface area contributed by atoms with Crippen molar-refractivity contribution < 1.29 is 19.1 Å². The van der Waals surface area contributed by atoms with Crippen LogP contribution in [-0.4, -0.2) is 36.0 Å². The number of hydrogen-bond donors (Lipinski definition) is 0. The van der Waals surface area contributed by atoms with E-state index in [9.17, 15) is 9.59 Å². The zero-order valence-corrected chi connectivity index (χ0v) is 28.0. The van der Waals surface area contributed by atoms with Crippen molar-refractivity contribution in [3.05, 3.63) is 113 Å². The Hall–Kier alpha value is -3.86. The van der Waals surface area contributed by atoms with Crippen molar-refractivity contribution >= 4 is 11.9 Å². The van der Waals surface area contributed by atoms with Crippen molar-refractivity contribution in [2.24, 2.45) is 5.92 Å². The quantitative estimate of drug-likeness (QED) is 0.150. The molecule has 244 valence electrons. The van der Waals surface area contributed by atoms with Gasteiger partial charge in [0, 0.05) is 6.54 Å². The van der Waals surface area contributed by atoms with Crippen molar-refractivity contribution in [1.82, 2.24) is 4.90 Å². The average Bonchev–Trinajstić information content (AvgIpc) is 3.08. The maximum atomic E-state index is 14.6. The molecular formula is C41H51NO4. The monoisotopic (exact) mass is 621 g/mol. The van der Waals surface area contributed by atoms with Gasteiger partial charge in [0.1, 0.15) is 24.5 Å². The predicted molar refractivity (Wildman–Crippen MR) is 185 cm³/mol. The number of piperidine rings is 1. The smallest absolute Gasteiger partial charge is 0.329 e. The van der Waals surface area contributed by atoms with Crippen LogP contribution in [0.1, 0.15) is 103 Å². The zero-order chi connectivity index (χ0) is 32.5. The van der Waals surface area contributed by atoms with Gasteiger partial charge in [0.2, 0.25) is 5.91 Å². The maximum Gasteiger partial charge on any atom is 0.329 e. The van der Waals surface area contributed by atoms with Crippen LogP contribution in [0.15, 0.2) is 79.4 Å². The van der Waals surface area contributed by atoms with Crippen LogP contribution in [0.5, 0.6) is 5.75 Å². The molecule has 46 heavy (non-hydrogen) atoms. The number of nitrogens with zero attached hydrogens (tertiary/aromatic N) is 1. The third kappa shape index (κ3) is 8.48. The van der Waals surface area contributed by atoms with Crippen LogP contribution >= 0.6 is 0 Å². The highest BCUT2D eigenvalue weighted by Gasteiger charge is 2.40. The molecule has 1 saturated heterocycles.